The third-order valence-electron chi connectivity index (χ3n) is 6.19. The highest BCUT2D eigenvalue weighted by molar-refractivity contribution is 5.61. The van der Waals surface area contributed by atoms with Crippen LogP contribution in [0.25, 0.3) is 0 Å². The van der Waals surface area contributed by atoms with Gasteiger partial charge in [-0.05, 0) is 59.4 Å². The lowest BCUT2D eigenvalue weighted by atomic mass is 9.77. The first-order valence-electron chi connectivity index (χ1n) is 10.9. The fourth-order valence-corrected chi connectivity index (χ4v) is 4.66. The molecule has 3 atom stereocenters. The third kappa shape index (κ3) is 4.09. The molecule has 1 N–H and O–H groups in total. The Labute approximate surface area is 184 Å². The second-order valence-electron chi connectivity index (χ2n) is 8.17. The maximum atomic E-state index is 5.97. The van der Waals surface area contributed by atoms with E-state index in [0.717, 1.165) is 17.9 Å². The molecule has 0 amide bonds. The second-order valence-corrected chi connectivity index (χ2v) is 8.17. The second kappa shape index (κ2) is 8.73. The number of nitrogens with one attached hydrogen (secondary N) is 1. The van der Waals surface area contributed by atoms with Crippen molar-refractivity contribution in [1.82, 2.24) is 0 Å². The van der Waals surface area contributed by atoms with E-state index in [9.17, 15) is 0 Å². The van der Waals surface area contributed by atoms with Gasteiger partial charge in [0.15, 0.2) is 0 Å². The quantitative estimate of drug-likeness (QED) is 0.443. The maximum Gasteiger partial charge on any atom is 0.120 e. The molecule has 3 aromatic rings. The van der Waals surface area contributed by atoms with Gasteiger partial charge in [-0.1, -0.05) is 67.3 Å². The first-order valence-corrected chi connectivity index (χ1v) is 10.9. The van der Waals surface area contributed by atoms with Crippen LogP contribution in [-0.2, 0) is 6.61 Å². The number of fused-ring (bicyclic) bond motifs is 3. The van der Waals surface area contributed by atoms with E-state index in [1.807, 2.05) is 24.3 Å². The van der Waals surface area contributed by atoms with Crippen LogP contribution < -0.4 is 14.8 Å². The van der Waals surface area contributed by atoms with Crippen molar-refractivity contribution in [1.29, 1.82) is 0 Å². The van der Waals surface area contributed by atoms with E-state index in [1.54, 1.807) is 6.08 Å². The van der Waals surface area contributed by atoms with Gasteiger partial charge in [0.05, 0.1) is 6.04 Å². The Morgan fingerprint density at radius 3 is 2.55 bits per heavy atom. The van der Waals surface area contributed by atoms with E-state index < -0.39 is 0 Å². The zero-order valence-electron chi connectivity index (χ0n) is 17.5. The molecule has 2 aliphatic rings. The van der Waals surface area contributed by atoms with Crippen molar-refractivity contribution in [2.75, 3.05) is 11.9 Å². The first kappa shape index (κ1) is 19.5. The van der Waals surface area contributed by atoms with Crippen molar-refractivity contribution in [2.45, 2.75) is 25.0 Å². The molecule has 31 heavy (non-hydrogen) atoms. The molecule has 1 aliphatic carbocycles. The zero-order valence-corrected chi connectivity index (χ0v) is 17.5. The van der Waals surface area contributed by atoms with Gasteiger partial charge in [-0.25, -0.2) is 0 Å². The summed E-state index contributed by atoms with van der Waals surface area (Å²) in [6.45, 7) is 4.84. The first-order chi connectivity index (χ1) is 15.3. The Morgan fingerprint density at radius 2 is 1.74 bits per heavy atom. The summed E-state index contributed by atoms with van der Waals surface area (Å²) in [6, 6.07) is 25.4. The van der Waals surface area contributed by atoms with E-state index >= 15 is 0 Å². The summed E-state index contributed by atoms with van der Waals surface area (Å²) in [4.78, 5) is 0. The molecule has 3 unspecified atom stereocenters. The van der Waals surface area contributed by atoms with Crippen LogP contribution in [-0.4, -0.2) is 6.61 Å². The highest BCUT2D eigenvalue weighted by atomic mass is 16.5. The van der Waals surface area contributed by atoms with Gasteiger partial charge in [0.2, 0.25) is 0 Å². The van der Waals surface area contributed by atoms with Crippen molar-refractivity contribution in [3.8, 4) is 11.5 Å². The molecule has 0 spiro atoms. The normalized spacial score (nSPS) is 21.0. The summed E-state index contributed by atoms with van der Waals surface area (Å²) < 4.78 is 11.7. The minimum absolute atomic E-state index is 0.274. The van der Waals surface area contributed by atoms with E-state index in [-0.39, 0.29) is 6.04 Å². The Bertz CT molecular complexity index is 1070. The number of anilines is 1. The lowest BCUT2D eigenvalue weighted by Gasteiger charge is -2.37. The van der Waals surface area contributed by atoms with Gasteiger partial charge in [-0.15, -0.1) is 0 Å². The molecule has 0 radical (unpaired) electrons. The van der Waals surface area contributed by atoms with Crippen molar-refractivity contribution in [3.05, 3.63) is 114 Å². The average molecular weight is 410 g/mol. The van der Waals surface area contributed by atoms with Crippen LogP contribution in [0.3, 0.4) is 0 Å². The molecule has 3 aromatic carbocycles. The Balaban J connectivity index is 1.33. The molecular weight excluding hydrogens is 382 g/mol. The smallest absolute Gasteiger partial charge is 0.120 e. The van der Waals surface area contributed by atoms with Crippen molar-refractivity contribution >= 4 is 5.69 Å². The number of hydrogen-bond acceptors (Lipinski definition) is 3. The number of ether oxygens (including phenoxy) is 2. The summed E-state index contributed by atoms with van der Waals surface area (Å²) in [7, 11) is 0. The minimum Gasteiger partial charge on any atom is -0.490 e. The average Bonchev–Trinajstić information content (AvgIpc) is 3.32. The van der Waals surface area contributed by atoms with Gasteiger partial charge < -0.3 is 14.8 Å². The SMILES string of the molecule is C=CCOc1ccc2c(c1)C1C=CCC1C(c1ccc(OCc3ccccc3)cc1)N2. The van der Waals surface area contributed by atoms with Crippen LogP contribution in [0.1, 0.15) is 35.1 Å². The molecule has 0 bridgehead atoms. The zero-order chi connectivity index (χ0) is 21.0. The van der Waals surface area contributed by atoms with E-state index in [1.165, 1.54) is 22.4 Å². The van der Waals surface area contributed by atoms with Crippen LogP contribution in [0.15, 0.2) is 97.6 Å². The fraction of sp³-hybridized carbons (Fsp3) is 0.214. The summed E-state index contributed by atoms with van der Waals surface area (Å²) in [6.07, 6.45) is 7.52. The molecule has 0 fully saturated rings. The molecule has 5 rings (SSSR count). The summed E-state index contributed by atoms with van der Waals surface area (Å²) in [5.41, 5.74) is 4.98. The molecule has 0 aromatic heterocycles. The number of allylic oxidation sites excluding steroid dienone is 2. The number of hydrogen-bond donors (Lipinski definition) is 1. The largest absolute Gasteiger partial charge is 0.490 e. The Hall–Kier alpha value is -3.46. The topological polar surface area (TPSA) is 30.5 Å². The van der Waals surface area contributed by atoms with Crippen molar-refractivity contribution in [3.63, 3.8) is 0 Å². The number of rotatable bonds is 7. The van der Waals surface area contributed by atoms with E-state index in [4.69, 9.17) is 9.47 Å². The Morgan fingerprint density at radius 1 is 0.935 bits per heavy atom. The standard InChI is InChI=1S/C28H27NO2/c1-2-17-30-23-15-16-27-26(18-23)24-9-6-10-25(24)28(29-27)21-11-13-22(14-12-21)31-19-20-7-4-3-5-8-20/h2-9,11-16,18,24-25,28-29H,1,10,17,19H2. The van der Waals surface area contributed by atoms with Crippen LogP contribution in [0, 0.1) is 5.92 Å². The highest BCUT2D eigenvalue weighted by Gasteiger charge is 2.38. The molecule has 0 saturated carbocycles. The molecular formula is C28H27NO2. The lowest BCUT2D eigenvalue weighted by Crippen LogP contribution is -2.29. The molecule has 156 valence electrons. The highest BCUT2D eigenvalue weighted by Crippen LogP contribution is 2.50. The monoisotopic (exact) mass is 409 g/mol. The maximum absolute atomic E-state index is 5.97. The van der Waals surface area contributed by atoms with Gasteiger partial charge in [0, 0.05) is 11.6 Å². The van der Waals surface area contributed by atoms with Crippen molar-refractivity contribution in [2.24, 2.45) is 5.92 Å². The molecule has 1 aliphatic heterocycles. The van der Waals surface area contributed by atoms with Gasteiger partial charge >= 0.3 is 0 Å². The third-order valence-corrected chi connectivity index (χ3v) is 6.19. The van der Waals surface area contributed by atoms with Gasteiger partial charge in [0.25, 0.3) is 0 Å². The van der Waals surface area contributed by atoms with Gasteiger partial charge in [-0.2, -0.15) is 0 Å². The molecule has 0 saturated heterocycles. The van der Waals surface area contributed by atoms with Gasteiger partial charge in [-0.3, -0.25) is 0 Å². The number of benzene rings is 3. The van der Waals surface area contributed by atoms with Crippen LogP contribution in [0.4, 0.5) is 5.69 Å². The van der Waals surface area contributed by atoms with Gasteiger partial charge in [0.1, 0.15) is 24.7 Å². The molecule has 1 heterocycles. The predicted octanol–water partition coefficient (Wildman–Crippen LogP) is 6.66. The Kier molecular flexibility index (Phi) is 5.49. The fourth-order valence-electron chi connectivity index (χ4n) is 4.66. The van der Waals surface area contributed by atoms with Crippen molar-refractivity contribution < 1.29 is 9.47 Å². The lowest BCUT2D eigenvalue weighted by molar-refractivity contribution is 0.306. The molecule has 3 nitrogen and oxygen atoms in total. The minimum atomic E-state index is 0.274. The summed E-state index contributed by atoms with van der Waals surface area (Å²) in [5, 5.41) is 3.79. The summed E-state index contributed by atoms with van der Waals surface area (Å²) >= 11 is 0. The summed E-state index contributed by atoms with van der Waals surface area (Å²) in [5.74, 6) is 2.70. The van der Waals surface area contributed by atoms with Crippen LogP contribution in [0.2, 0.25) is 0 Å². The molecule has 3 heteroatoms. The van der Waals surface area contributed by atoms with E-state index in [0.29, 0.717) is 25.0 Å². The van der Waals surface area contributed by atoms with E-state index in [2.05, 4.69) is 72.6 Å². The van der Waals surface area contributed by atoms with Crippen LogP contribution >= 0.6 is 0 Å². The predicted molar refractivity (Wildman–Crippen MR) is 126 cm³/mol. The van der Waals surface area contributed by atoms with Crippen LogP contribution in [0.5, 0.6) is 11.5 Å².